The number of ether oxygens (including phenoxy) is 1. The summed E-state index contributed by atoms with van der Waals surface area (Å²) in [5, 5.41) is 4.00. The lowest BCUT2D eigenvalue weighted by Gasteiger charge is -2.33. The predicted molar refractivity (Wildman–Crippen MR) is 117 cm³/mol. The Morgan fingerprint density at radius 2 is 1.88 bits per heavy atom. The maximum Gasteiger partial charge on any atom is 0.573 e. The largest absolute Gasteiger partial charge is 0.573 e. The summed E-state index contributed by atoms with van der Waals surface area (Å²) in [6, 6.07) is 5.26. The van der Waals surface area contributed by atoms with Crippen molar-refractivity contribution < 1.29 is 27.1 Å². The quantitative estimate of drug-likeness (QED) is 0.392. The van der Waals surface area contributed by atoms with E-state index in [2.05, 4.69) is 20.0 Å². The van der Waals surface area contributed by atoms with E-state index in [1.807, 2.05) is 6.07 Å². The van der Waals surface area contributed by atoms with Crippen LogP contribution >= 0.6 is 0 Å². The number of alkyl halides is 3. The molecule has 3 aromatic rings. The van der Waals surface area contributed by atoms with Gasteiger partial charge in [-0.1, -0.05) is 0 Å². The van der Waals surface area contributed by atoms with Gasteiger partial charge < -0.3 is 25.7 Å². The Kier molecular flexibility index (Phi) is 5.59. The number of likely N-dealkylation sites (tertiary alicyclic amines) is 1. The number of nitrogens with two attached hydrogens (primary N) is 1. The Bertz CT molecular complexity index is 1230. The molecule has 5 rings (SSSR count). The Morgan fingerprint density at radius 1 is 1.15 bits per heavy atom. The van der Waals surface area contributed by atoms with Crippen molar-refractivity contribution in [2.75, 3.05) is 31.9 Å². The van der Waals surface area contributed by atoms with Crippen LogP contribution < -0.4 is 15.8 Å². The molecule has 0 unspecified atom stereocenters. The number of halogens is 4. The highest BCUT2D eigenvalue weighted by Crippen LogP contribution is 2.36. The molecule has 2 aliphatic rings. The van der Waals surface area contributed by atoms with Crippen molar-refractivity contribution in [3.63, 3.8) is 0 Å². The zero-order valence-corrected chi connectivity index (χ0v) is 18.1. The molecule has 4 N–H and O–H groups in total. The summed E-state index contributed by atoms with van der Waals surface area (Å²) in [5.74, 6) is -0.947. The average molecular weight is 477 g/mol. The molecule has 1 amide bonds. The third-order valence-electron chi connectivity index (χ3n) is 6.57. The smallest absolute Gasteiger partial charge is 0.406 e. The number of nitrogen functional groups attached to an aromatic ring is 1. The predicted octanol–water partition coefficient (Wildman–Crippen LogP) is 3.89. The van der Waals surface area contributed by atoms with Crippen LogP contribution in [-0.2, 0) is 0 Å². The zero-order chi connectivity index (χ0) is 24.0. The van der Waals surface area contributed by atoms with E-state index in [9.17, 15) is 22.4 Å². The van der Waals surface area contributed by atoms with Gasteiger partial charge in [-0.25, -0.2) is 9.37 Å². The van der Waals surface area contributed by atoms with Gasteiger partial charge in [-0.2, -0.15) is 0 Å². The first-order chi connectivity index (χ1) is 16.2. The highest BCUT2D eigenvalue weighted by molar-refractivity contribution is 5.99. The number of fused-ring (bicyclic) bond motifs is 1. The molecule has 0 spiro atoms. The maximum absolute atomic E-state index is 14.9. The molecule has 180 valence electrons. The van der Waals surface area contributed by atoms with Gasteiger partial charge in [0.15, 0.2) is 0 Å². The molecule has 2 fully saturated rings. The highest BCUT2D eigenvalue weighted by Gasteiger charge is 2.32. The molecule has 34 heavy (non-hydrogen) atoms. The number of benzene rings is 1. The molecule has 2 aromatic heterocycles. The summed E-state index contributed by atoms with van der Waals surface area (Å²) in [7, 11) is 0. The van der Waals surface area contributed by atoms with Gasteiger partial charge in [-0.15, -0.1) is 13.2 Å². The van der Waals surface area contributed by atoms with Crippen molar-refractivity contribution in [3.05, 3.63) is 53.1 Å². The van der Waals surface area contributed by atoms with Crippen molar-refractivity contribution in [1.82, 2.24) is 20.2 Å². The fourth-order valence-corrected chi connectivity index (χ4v) is 4.71. The van der Waals surface area contributed by atoms with Crippen LogP contribution in [0.1, 0.15) is 46.3 Å². The molecule has 0 saturated carbocycles. The van der Waals surface area contributed by atoms with Gasteiger partial charge in [-0.3, -0.25) is 4.79 Å². The van der Waals surface area contributed by atoms with Crippen molar-refractivity contribution in [1.29, 1.82) is 0 Å². The molecule has 0 aliphatic carbocycles. The molecule has 11 heteroatoms. The number of hydrogen-bond acceptors (Lipinski definition) is 5. The fourth-order valence-electron chi connectivity index (χ4n) is 4.71. The number of hydrogen-bond donors (Lipinski definition) is 3. The summed E-state index contributed by atoms with van der Waals surface area (Å²) in [5.41, 5.74) is 8.15. The minimum Gasteiger partial charge on any atom is -0.406 e. The van der Waals surface area contributed by atoms with E-state index >= 15 is 0 Å². The number of amides is 1. The number of aromatic nitrogens is 2. The first-order valence-corrected chi connectivity index (χ1v) is 11.0. The SMILES string of the molecule is Nc1cc(OC(F)(F)F)ccc1C(=O)N1CCC(c2c(F)cnc3[nH]c(C4CNC4)cc23)CC1. The van der Waals surface area contributed by atoms with Crippen LogP contribution in [0.4, 0.5) is 23.2 Å². The molecule has 4 heterocycles. The van der Waals surface area contributed by atoms with Crippen molar-refractivity contribution in [3.8, 4) is 5.75 Å². The molecule has 0 radical (unpaired) electrons. The van der Waals surface area contributed by atoms with E-state index in [0.29, 0.717) is 43.1 Å². The first kappa shape index (κ1) is 22.5. The van der Waals surface area contributed by atoms with Gasteiger partial charge in [0.05, 0.1) is 11.8 Å². The second-order valence-corrected chi connectivity index (χ2v) is 8.73. The van der Waals surface area contributed by atoms with Gasteiger partial charge >= 0.3 is 6.36 Å². The molecule has 1 aromatic carbocycles. The highest BCUT2D eigenvalue weighted by atomic mass is 19.4. The lowest BCUT2D eigenvalue weighted by atomic mass is 9.87. The molecule has 2 saturated heterocycles. The van der Waals surface area contributed by atoms with Crippen LogP contribution in [0.15, 0.2) is 30.5 Å². The molecule has 0 bridgehead atoms. The second-order valence-electron chi connectivity index (χ2n) is 8.73. The van der Waals surface area contributed by atoms with E-state index < -0.39 is 12.1 Å². The third-order valence-corrected chi connectivity index (χ3v) is 6.57. The summed E-state index contributed by atoms with van der Waals surface area (Å²) in [6.07, 6.45) is -2.52. The monoisotopic (exact) mass is 477 g/mol. The number of nitrogens with one attached hydrogen (secondary N) is 2. The number of carbonyl (C=O) groups excluding carboxylic acids is 1. The van der Waals surface area contributed by atoms with Crippen molar-refractivity contribution in [2.24, 2.45) is 0 Å². The summed E-state index contributed by atoms with van der Waals surface area (Å²) in [4.78, 5) is 22.0. The lowest BCUT2D eigenvalue weighted by molar-refractivity contribution is -0.274. The van der Waals surface area contributed by atoms with Crippen LogP contribution in [0.5, 0.6) is 5.75 Å². The van der Waals surface area contributed by atoms with E-state index in [-0.39, 0.29) is 28.9 Å². The van der Waals surface area contributed by atoms with E-state index in [4.69, 9.17) is 5.73 Å². The summed E-state index contributed by atoms with van der Waals surface area (Å²) < 4.78 is 56.0. The third kappa shape index (κ3) is 4.27. The number of rotatable bonds is 4. The normalized spacial score (nSPS) is 17.7. The Balaban J connectivity index is 1.30. The minimum atomic E-state index is -4.84. The Hall–Kier alpha value is -3.34. The number of piperidine rings is 1. The van der Waals surface area contributed by atoms with E-state index in [1.165, 1.54) is 12.3 Å². The lowest BCUT2D eigenvalue weighted by Crippen LogP contribution is -2.40. The van der Waals surface area contributed by atoms with Crippen LogP contribution in [0.2, 0.25) is 0 Å². The van der Waals surface area contributed by atoms with Crippen LogP contribution in [0.25, 0.3) is 11.0 Å². The summed E-state index contributed by atoms with van der Waals surface area (Å²) in [6.45, 7) is 2.49. The minimum absolute atomic E-state index is 0.0855. The van der Waals surface area contributed by atoms with E-state index in [0.717, 1.165) is 36.3 Å². The van der Waals surface area contributed by atoms with Crippen molar-refractivity contribution in [2.45, 2.75) is 31.0 Å². The average Bonchev–Trinajstić information content (AvgIpc) is 3.14. The van der Waals surface area contributed by atoms with Crippen LogP contribution in [0.3, 0.4) is 0 Å². The molecular weight excluding hydrogens is 454 g/mol. The Morgan fingerprint density at radius 3 is 2.50 bits per heavy atom. The van der Waals surface area contributed by atoms with Gasteiger partial charge in [0.25, 0.3) is 5.91 Å². The molecule has 7 nitrogen and oxygen atoms in total. The number of pyridine rings is 1. The van der Waals surface area contributed by atoms with Gasteiger partial charge in [0.2, 0.25) is 0 Å². The van der Waals surface area contributed by atoms with E-state index in [1.54, 1.807) is 4.90 Å². The number of nitrogens with zero attached hydrogens (tertiary/aromatic N) is 2. The number of aromatic amines is 1. The number of H-pyrrole nitrogens is 1. The maximum atomic E-state index is 14.9. The summed E-state index contributed by atoms with van der Waals surface area (Å²) >= 11 is 0. The fraction of sp³-hybridized carbons (Fsp3) is 0.391. The Labute approximate surface area is 192 Å². The molecular formula is C23H23F4N5O2. The van der Waals surface area contributed by atoms with Crippen molar-refractivity contribution >= 4 is 22.6 Å². The van der Waals surface area contributed by atoms with Gasteiger partial charge in [0.1, 0.15) is 17.2 Å². The van der Waals surface area contributed by atoms with Gasteiger partial charge in [-0.05, 0) is 37.0 Å². The van der Waals surface area contributed by atoms with Gasteiger partial charge in [0, 0.05) is 60.5 Å². The first-order valence-electron chi connectivity index (χ1n) is 11.0. The number of anilines is 1. The number of carbonyl (C=O) groups is 1. The second kappa shape index (κ2) is 8.46. The molecule has 0 atom stereocenters. The van der Waals surface area contributed by atoms with Crippen LogP contribution in [-0.4, -0.2) is 53.3 Å². The zero-order valence-electron chi connectivity index (χ0n) is 18.1. The topological polar surface area (TPSA) is 96.3 Å². The van der Waals surface area contributed by atoms with Crippen LogP contribution in [0, 0.1) is 5.82 Å². The molecule has 2 aliphatic heterocycles. The standard InChI is InChI=1S/C23H23F4N5O2/c24-17-11-30-21-16(8-19(31-21)13-9-29-10-13)20(17)12-3-5-32(6-4-12)22(33)15-2-1-14(7-18(15)28)34-23(25,26)27/h1-2,7-8,11-13,29H,3-6,9-10,28H2,(H,30,31).